The van der Waals surface area contributed by atoms with Gasteiger partial charge in [0.1, 0.15) is 12.3 Å². The van der Waals surface area contributed by atoms with E-state index in [0.29, 0.717) is 23.3 Å². The molecule has 30 heavy (non-hydrogen) atoms. The number of benzene rings is 2. The highest BCUT2D eigenvalue weighted by Gasteiger charge is 2.10. The van der Waals surface area contributed by atoms with Gasteiger partial charge in [0.05, 0.1) is 19.6 Å². The predicted molar refractivity (Wildman–Crippen MR) is 117 cm³/mol. The highest BCUT2D eigenvalue weighted by molar-refractivity contribution is 7.78. The van der Waals surface area contributed by atoms with E-state index in [9.17, 15) is 14.4 Å². The summed E-state index contributed by atoms with van der Waals surface area (Å²) in [5, 5.41) is 5.02. The smallest absolute Gasteiger partial charge is 0.325 e. The van der Waals surface area contributed by atoms with Crippen LogP contribution in [0.2, 0.25) is 0 Å². The molecule has 2 aromatic carbocycles. The first-order chi connectivity index (χ1) is 14.5. The lowest BCUT2D eigenvalue weighted by Crippen LogP contribution is -2.31. The minimum Gasteiger partial charge on any atom is -0.493 e. The minimum atomic E-state index is -0.478. The number of nitrogens with one attached hydrogen (secondary N) is 1. The molecule has 0 saturated heterocycles. The third-order valence-electron chi connectivity index (χ3n) is 4.09. The molecule has 156 valence electrons. The Kier molecular flexibility index (Phi) is 9.45. The number of esters is 1. The van der Waals surface area contributed by atoms with Gasteiger partial charge in [0.2, 0.25) is 5.91 Å². The van der Waals surface area contributed by atoms with Crippen molar-refractivity contribution in [1.82, 2.24) is 5.32 Å². The Morgan fingerprint density at radius 2 is 1.67 bits per heavy atom. The number of ketones is 1. The molecular formula is C23H23NO5S. The maximum absolute atomic E-state index is 12.6. The van der Waals surface area contributed by atoms with Gasteiger partial charge in [-0.25, -0.2) is 0 Å². The summed E-state index contributed by atoms with van der Waals surface area (Å²) in [6, 6.07) is 14.1. The Balaban J connectivity index is 1.81. The van der Waals surface area contributed by atoms with Gasteiger partial charge in [0.15, 0.2) is 5.78 Å². The molecular weight excluding hydrogens is 402 g/mol. The molecule has 0 heterocycles. The van der Waals surface area contributed by atoms with Gasteiger partial charge in [-0.3, -0.25) is 14.4 Å². The van der Waals surface area contributed by atoms with Crippen molar-refractivity contribution in [1.29, 1.82) is 0 Å². The number of ether oxygens (including phenoxy) is 2. The molecule has 0 bridgehead atoms. The van der Waals surface area contributed by atoms with Gasteiger partial charge in [-0.1, -0.05) is 29.3 Å². The fourth-order valence-corrected chi connectivity index (χ4v) is 2.64. The molecule has 2 aromatic rings. The van der Waals surface area contributed by atoms with Crippen molar-refractivity contribution >= 4 is 34.9 Å². The van der Waals surface area contributed by atoms with E-state index >= 15 is 0 Å². The Bertz CT molecular complexity index is 916. The number of rotatable bonds is 11. The molecule has 0 aliphatic heterocycles. The van der Waals surface area contributed by atoms with Gasteiger partial charge in [0.25, 0.3) is 0 Å². The van der Waals surface area contributed by atoms with E-state index in [0.717, 1.165) is 5.56 Å². The molecule has 0 fully saturated rings. The van der Waals surface area contributed by atoms with Crippen molar-refractivity contribution in [2.45, 2.75) is 19.8 Å². The van der Waals surface area contributed by atoms with Gasteiger partial charge < -0.3 is 14.8 Å². The van der Waals surface area contributed by atoms with Crippen LogP contribution < -0.4 is 10.1 Å². The summed E-state index contributed by atoms with van der Waals surface area (Å²) in [5.41, 5.74) is 2.19. The van der Waals surface area contributed by atoms with Crippen LogP contribution in [0, 0.1) is 0 Å². The van der Waals surface area contributed by atoms with Crippen LogP contribution in [0.15, 0.2) is 54.6 Å². The molecule has 2 rings (SSSR count). The average molecular weight is 426 g/mol. The van der Waals surface area contributed by atoms with Crippen LogP contribution >= 0.6 is 12.2 Å². The summed E-state index contributed by atoms with van der Waals surface area (Å²) in [4.78, 5) is 35.4. The molecule has 1 N–H and O–H groups in total. The minimum absolute atomic E-state index is 0.0863. The zero-order valence-electron chi connectivity index (χ0n) is 16.7. The molecule has 0 unspecified atom stereocenters. The SMILES string of the molecule is CCOC(=O)CNC(=O)CCOc1ccc(C(=O)c2ccc(CC=C=S)cc2)cc1. The predicted octanol–water partition coefficient (Wildman–Crippen LogP) is 3.06. The number of carbonyl (C=O) groups excluding carboxylic acids is 3. The van der Waals surface area contributed by atoms with Crippen molar-refractivity contribution in [3.8, 4) is 5.75 Å². The van der Waals surface area contributed by atoms with E-state index in [-0.39, 0.29) is 37.9 Å². The number of hydrogen-bond donors (Lipinski definition) is 1. The van der Waals surface area contributed by atoms with E-state index in [1.165, 1.54) is 0 Å². The van der Waals surface area contributed by atoms with Crippen molar-refractivity contribution < 1.29 is 23.9 Å². The number of thiocarbonyl (C=S) groups is 1. The lowest BCUT2D eigenvalue weighted by molar-refractivity contribution is -0.143. The third-order valence-corrected chi connectivity index (χ3v) is 4.25. The second kappa shape index (κ2) is 12.3. The normalized spacial score (nSPS) is 9.90. The van der Waals surface area contributed by atoms with E-state index in [2.05, 4.69) is 22.6 Å². The van der Waals surface area contributed by atoms with E-state index in [1.807, 2.05) is 12.1 Å². The largest absolute Gasteiger partial charge is 0.493 e. The molecule has 6 nitrogen and oxygen atoms in total. The summed E-state index contributed by atoms with van der Waals surface area (Å²) in [5.74, 6) is -0.322. The van der Waals surface area contributed by atoms with E-state index in [1.54, 1.807) is 49.4 Å². The first kappa shape index (κ1) is 23.0. The topological polar surface area (TPSA) is 81.7 Å². The first-order valence-electron chi connectivity index (χ1n) is 9.51. The summed E-state index contributed by atoms with van der Waals surface area (Å²) in [6.45, 7) is 1.96. The number of amides is 1. The van der Waals surface area contributed by atoms with Crippen LogP contribution in [0.3, 0.4) is 0 Å². The highest BCUT2D eigenvalue weighted by Crippen LogP contribution is 2.16. The zero-order chi connectivity index (χ0) is 21.8. The number of hydrogen-bond acceptors (Lipinski definition) is 6. The summed E-state index contributed by atoms with van der Waals surface area (Å²) >= 11 is 4.66. The molecule has 0 radical (unpaired) electrons. The lowest BCUT2D eigenvalue weighted by Gasteiger charge is -2.08. The quantitative estimate of drug-likeness (QED) is 0.339. The average Bonchev–Trinajstić information content (AvgIpc) is 2.77. The summed E-state index contributed by atoms with van der Waals surface area (Å²) in [6.07, 6.45) is 2.55. The van der Waals surface area contributed by atoms with Gasteiger partial charge in [0, 0.05) is 11.1 Å². The molecule has 0 aliphatic rings. The van der Waals surface area contributed by atoms with Crippen molar-refractivity contribution in [2.75, 3.05) is 19.8 Å². The molecule has 0 saturated carbocycles. The lowest BCUT2D eigenvalue weighted by atomic mass is 10.0. The number of carbonyl (C=O) groups is 3. The van der Waals surface area contributed by atoms with Gasteiger partial charge in [-0.15, -0.1) is 0 Å². The third kappa shape index (κ3) is 7.62. The monoisotopic (exact) mass is 425 g/mol. The van der Waals surface area contributed by atoms with Crippen LogP contribution in [0.1, 0.15) is 34.8 Å². The summed E-state index contributed by atoms with van der Waals surface area (Å²) < 4.78 is 10.2. The Morgan fingerprint density at radius 3 is 2.27 bits per heavy atom. The van der Waals surface area contributed by atoms with Crippen molar-refractivity contribution in [3.05, 3.63) is 71.3 Å². The first-order valence-corrected chi connectivity index (χ1v) is 9.92. The Morgan fingerprint density at radius 1 is 1.03 bits per heavy atom. The molecule has 0 aromatic heterocycles. The van der Waals surface area contributed by atoms with Crippen LogP contribution in [-0.4, -0.2) is 42.4 Å². The molecule has 0 aliphatic carbocycles. The molecule has 7 heteroatoms. The van der Waals surface area contributed by atoms with Crippen molar-refractivity contribution in [2.24, 2.45) is 0 Å². The molecule has 0 atom stereocenters. The highest BCUT2D eigenvalue weighted by atomic mass is 32.1. The van der Waals surface area contributed by atoms with Crippen LogP contribution in [0.5, 0.6) is 5.75 Å². The molecule has 0 spiro atoms. The second-order valence-electron chi connectivity index (χ2n) is 6.26. The van der Waals surface area contributed by atoms with E-state index in [4.69, 9.17) is 9.47 Å². The fourth-order valence-electron chi connectivity index (χ4n) is 2.55. The Labute approximate surface area is 180 Å². The number of allylic oxidation sites excluding steroid dienone is 1. The Hall–Kier alpha value is -3.28. The molecule has 1 amide bonds. The maximum Gasteiger partial charge on any atom is 0.325 e. The second-order valence-corrected chi connectivity index (χ2v) is 6.49. The van der Waals surface area contributed by atoms with Crippen LogP contribution in [0.4, 0.5) is 0 Å². The zero-order valence-corrected chi connectivity index (χ0v) is 17.5. The van der Waals surface area contributed by atoms with E-state index < -0.39 is 5.97 Å². The summed E-state index contributed by atoms with van der Waals surface area (Å²) in [7, 11) is 0. The van der Waals surface area contributed by atoms with Gasteiger partial charge in [-0.2, -0.15) is 0 Å². The van der Waals surface area contributed by atoms with Crippen LogP contribution in [0.25, 0.3) is 0 Å². The fraction of sp³-hybridized carbons (Fsp3) is 0.261. The van der Waals surface area contributed by atoms with Gasteiger partial charge in [-0.05, 0) is 61.5 Å². The standard InChI is InChI=1S/C23H23NO5S/c1-2-28-22(26)16-24-21(25)13-14-29-20-11-9-19(10-12-20)23(27)18-7-5-17(6-8-18)4-3-15-30/h3,5-12H,2,4,13-14,16H2,1H3,(H,24,25). The van der Waals surface area contributed by atoms with Gasteiger partial charge >= 0.3 is 5.97 Å². The maximum atomic E-state index is 12.6. The van der Waals surface area contributed by atoms with Crippen LogP contribution in [-0.2, 0) is 20.7 Å². The van der Waals surface area contributed by atoms with Crippen molar-refractivity contribution in [3.63, 3.8) is 0 Å².